The van der Waals surface area contributed by atoms with Gasteiger partial charge in [0.05, 0.1) is 6.61 Å². The van der Waals surface area contributed by atoms with Crippen molar-refractivity contribution in [2.24, 2.45) is 0 Å². The molecule has 6 nitrogen and oxygen atoms in total. The molecule has 3 amide bonds. The predicted octanol–water partition coefficient (Wildman–Crippen LogP) is 2.66. The molecule has 6 heteroatoms. The molecule has 1 unspecified atom stereocenters. The topological polar surface area (TPSA) is 79.5 Å². The predicted molar refractivity (Wildman–Crippen MR) is 97.1 cm³/mol. The number of amides is 3. The monoisotopic (exact) mass is 341 g/mol. The number of hydrogen-bond acceptors (Lipinski definition) is 3. The van der Waals surface area contributed by atoms with Crippen LogP contribution in [0.2, 0.25) is 0 Å². The van der Waals surface area contributed by atoms with Gasteiger partial charge >= 0.3 is 6.03 Å². The molecule has 0 radical (unpaired) electrons. The van der Waals surface area contributed by atoms with Crippen molar-refractivity contribution in [3.05, 3.63) is 65.7 Å². The highest BCUT2D eigenvalue weighted by atomic mass is 16.5. The summed E-state index contributed by atoms with van der Waals surface area (Å²) >= 11 is 0. The van der Waals surface area contributed by atoms with E-state index in [9.17, 15) is 9.59 Å². The lowest BCUT2D eigenvalue weighted by molar-refractivity contribution is -0.122. The summed E-state index contributed by atoms with van der Waals surface area (Å²) < 4.78 is 5.04. The Morgan fingerprint density at radius 2 is 1.68 bits per heavy atom. The largest absolute Gasteiger partial charge is 0.380 e. The molecule has 2 aromatic rings. The highest BCUT2D eigenvalue weighted by Gasteiger charge is 2.15. The Kier molecular flexibility index (Phi) is 6.98. The number of urea groups is 1. The second-order valence-electron chi connectivity index (χ2n) is 5.65. The molecule has 0 aliphatic rings. The fourth-order valence-electron chi connectivity index (χ4n) is 2.22. The van der Waals surface area contributed by atoms with E-state index in [1.54, 1.807) is 26.2 Å². The number of ether oxygens (including phenoxy) is 1. The van der Waals surface area contributed by atoms with Crippen LogP contribution in [-0.4, -0.2) is 25.1 Å². The highest BCUT2D eigenvalue weighted by molar-refractivity contribution is 5.93. The first kappa shape index (κ1) is 18.5. The maximum absolute atomic E-state index is 12.1. The third-order valence-corrected chi connectivity index (χ3v) is 3.57. The number of benzene rings is 2. The fraction of sp³-hybridized carbons (Fsp3) is 0.263. The van der Waals surface area contributed by atoms with E-state index in [1.807, 2.05) is 42.5 Å². The molecule has 132 valence electrons. The van der Waals surface area contributed by atoms with E-state index < -0.39 is 12.1 Å². The summed E-state index contributed by atoms with van der Waals surface area (Å²) in [7, 11) is 1.63. The van der Waals surface area contributed by atoms with Crippen molar-refractivity contribution in [3.8, 4) is 0 Å². The molecule has 0 aromatic heterocycles. The first-order chi connectivity index (χ1) is 12.1. The second kappa shape index (κ2) is 9.44. The zero-order valence-electron chi connectivity index (χ0n) is 14.4. The zero-order chi connectivity index (χ0) is 18.1. The van der Waals surface area contributed by atoms with Crippen molar-refractivity contribution in [1.82, 2.24) is 10.6 Å². The molecule has 1 atom stereocenters. The minimum Gasteiger partial charge on any atom is -0.380 e. The quantitative estimate of drug-likeness (QED) is 0.724. The molecule has 0 bridgehead atoms. The first-order valence-corrected chi connectivity index (χ1v) is 8.05. The Morgan fingerprint density at radius 1 is 1.00 bits per heavy atom. The number of rotatable bonds is 7. The second-order valence-corrected chi connectivity index (χ2v) is 5.65. The van der Waals surface area contributed by atoms with Crippen LogP contribution in [0.1, 0.15) is 18.1 Å². The van der Waals surface area contributed by atoms with Gasteiger partial charge in [0.1, 0.15) is 6.04 Å². The van der Waals surface area contributed by atoms with E-state index in [2.05, 4.69) is 16.0 Å². The number of nitrogens with one attached hydrogen (secondary N) is 3. The summed E-state index contributed by atoms with van der Waals surface area (Å²) in [6.07, 6.45) is 0. The first-order valence-electron chi connectivity index (χ1n) is 8.05. The van der Waals surface area contributed by atoms with Crippen LogP contribution in [0.15, 0.2) is 54.6 Å². The van der Waals surface area contributed by atoms with E-state index in [-0.39, 0.29) is 5.91 Å². The fourth-order valence-corrected chi connectivity index (χ4v) is 2.22. The summed E-state index contributed by atoms with van der Waals surface area (Å²) in [4.78, 5) is 24.0. The maximum atomic E-state index is 12.1. The molecule has 0 heterocycles. The summed E-state index contributed by atoms with van der Waals surface area (Å²) in [6.45, 7) is 2.58. The molecule has 0 aliphatic carbocycles. The standard InChI is InChI=1S/C19H23N3O3/c1-14(18(23)20-12-15-6-4-3-5-7-15)21-19(24)22-17-10-8-16(9-11-17)13-25-2/h3-11,14H,12-13H2,1-2H3,(H,20,23)(H2,21,22,24). The van der Waals surface area contributed by atoms with Gasteiger partial charge < -0.3 is 20.7 Å². The van der Waals surface area contributed by atoms with Crippen LogP contribution in [0.25, 0.3) is 0 Å². The molecule has 25 heavy (non-hydrogen) atoms. The maximum Gasteiger partial charge on any atom is 0.319 e. The Labute approximate surface area is 147 Å². The summed E-state index contributed by atoms with van der Waals surface area (Å²) in [5.74, 6) is -0.241. The lowest BCUT2D eigenvalue weighted by Gasteiger charge is -2.15. The van der Waals surface area contributed by atoms with Crippen LogP contribution in [0.4, 0.5) is 10.5 Å². The van der Waals surface area contributed by atoms with Gasteiger partial charge in [0, 0.05) is 19.3 Å². The minimum atomic E-state index is -0.642. The molecule has 0 fully saturated rings. The van der Waals surface area contributed by atoms with E-state index >= 15 is 0 Å². The van der Waals surface area contributed by atoms with Crippen LogP contribution in [0.3, 0.4) is 0 Å². The number of methoxy groups -OCH3 is 1. The molecule has 0 spiro atoms. The van der Waals surface area contributed by atoms with Crippen LogP contribution in [0.5, 0.6) is 0 Å². The molecule has 3 N–H and O–H groups in total. The van der Waals surface area contributed by atoms with Gasteiger partial charge in [-0.3, -0.25) is 4.79 Å². The Bertz CT molecular complexity index is 687. The number of hydrogen-bond donors (Lipinski definition) is 3. The van der Waals surface area contributed by atoms with E-state index in [4.69, 9.17) is 4.74 Å². The van der Waals surface area contributed by atoms with Crippen LogP contribution in [-0.2, 0) is 22.7 Å². The molecular weight excluding hydrogens is 318 g/mol. The molecule has 2 rings (SSSR count). The van der Waals surface area contributed by atoms with Crippen molar-refractivity contribution < 1.29 is 14.3 Å². The Morgan fingerprint density at radius 3 is 2.32 bits per heavy atom. The van der Waals surface area contributed by atoms with Crippen molar-refractivity contribution in [2.75, 3.05) is 12.4 Å². The number of carbonyl (C=O) groups excluding carboxylic acids is 2. The third kappa shape index (κ3) is 6.27. The molecule has 2 aromatic carbocycles. The Balaban J connectivity index is 1.77. The van der Waals surface area contributed by atoms with Crippen LogP contribution < -0.4 is 16.0 Å². The van der Waals surface area contributed by atoms with Gasteiger partial charge in [0.2, 0.25) is 5.91 Å². The van der Waals surface area contributed by atoms with Gasteiger partial charge in [-0.25, -0.2) is 4.79 Å². The van der Waals surface area contributed by atoms with Crippen LogP contribution in [0, 0.1) is 0 Å². The normalized spacial score (nSPS) is 11.4. The van der Waals surface area contributed by atoms with Gasteiger partial charge in [0.25, 0.3) is 0 Å². The van der Waals surface area contributed by atoms with Gasteiger partial charge in [-0.15, -0.1) is 0 Å². The zero-order valence-corrected chi connectivity index (χ0v) is 14.4. The van der Waals surface area contributed by atoms with Crippen LogP contribution >= 0.6 is 0 Å². The third-order valence-electron chi connectivity index (χ3n) is 3.57. The summed E-state index contributed by atoms with van der Waals surface area (Å²) in [6, 6.07) is 15.8. The van der Waals surface area contributed by atoms with Gasteiger partial charge in [-0.2, -0.15) is 0 Å². The lowest BCUT2D eigenvalue weighted by atomic mass is 10.2. The number of carbonyl (C=O) groups is 2. The molecule has 0 saturated heterocycles. The van der Waals surface area contributed by atoms with Gasteiger partial charge in [-0.05, 0) is 30.2 Å². The average Bonchev–Trinajstić information content (AvgIpc) is 2.62. The smallest absolute Gasteiger partial charge is 0.319 e. The van der Waals surface area contributed by atoms with Gasteiger partial charge in [0.15, 0.2) is 0 Å². The summed E-state index contributed by atoms with van der Waals surface area (Å²) in [5, 5.41) is 8.11. The lowest BCUT2D eigenvalue weighted by Crippen LogP contribution is -2.46. The highest BCUT2D eigenvalue weighted by Crippen LogP contribution is 2.10. The Hall–Kier alpha value is -2.86. The van der Waals surface area contributed by atoms with Crippen molar-refractivity contribution in [3.63, 3.8) is 0 Å². The van der Waals surface area contributed by atoms with E-state index in [1.165, 1.54) is 0 Å². The number of anilines is 1. The minimum absolute atomic E-state index is 0.241. The van der Waals surface area contributed by atoms with Crippen molar-refractivity contribution in [1.29, 1.82) is 0 Å². The molecule has 0 aliphatic heterocycles. The molecular formula is C19H23N3O3. The van der Waals surface area contributed by atoms with Gasteiger partial charge in [-0.1, -0.05) is 42.5 Å². The summed E-state index contributed by atoms with van der Waals surface area (Å²) in [5.41, 5.74) is 2.67. The van der Waals surface area contributed by atoms with E-state index in [0.29, 0.717) is 18.8 Å². The van der Waals surface area contributed by atoms with E-state index in [0.717, 1.165) is 11.1 Å². The van der Waals surface area contributed by atoms with Crippen molar-refractivity contribution >= 4 is 17.6 Å². The SMILES string of the molecule is COCc1ccc(NC(=O)NC(C)C(=O)NCc2ccccc2)cc1. The molecule has 0 saturated carbocycles. The van der Waals surface area contributed by atoms with Crippen molar-refractivity contribution in [2.45, 2.75) is 26.1 Å². The average molecular weight is 341 g/mol.